The highest BCUT2D eigenvalue weighted by Crippen LogP contribution is 2.29. The van der Waals surface area contributed by atoms with Crippen LogP contribution in [0.3, 0.4) is 0 Å². The molecule has 0 atom stereocenters. The zero-order chi connectivity index (χ0) is 11.5. The van der Waals surface area contributed by atoms with Crippen molar-refractivity contribution in [2.75, 3.05) is 11.4 Å². The Balaban J connectivity index is 2.19. The fraction of sp³-hybridized carbons (Fsp3) is 0.462. The molecule has 0 spiro atoms. The maximum atomic E-state index is 10.9. The Bertz CT molecular complexity index is 385. The van der Waals surface area contributed by atoms with Gasteiger partial charge in [-0.05, 0) is 43.9 Å². The monoisotopic (exact) mass is 219 g/mol. The van der Waals surface area contributed by atoms with Crippen LogP contribution in [-0.2, 0) is 4.79 Å². The van der Waals surface area contributed by atoms with Gasteiger partial charge in [-0.25, -0.2) is 0 Å². The van der Waals surface area contributed by atoms with E-state index in [1.807, 2.05) is 30.0 Å². The second kappa shape index (κ2) is 4.56. The van der Waals surface area contributed by atoms with Crippen LogP contribution < -0.4 is 4.90 Å². The Labute approximate surface area is 95.7 Å². The molecule has 3 heteroatoms. The molecule has 1 N–H and O–H groups in total. The summed E-state index contributed by atoms with van der Waals surface area (Å²) in [4.78, 5) is 12.9. The number of rotatable bonds is 4. The molecule has 1 aliphatic carbocycles. The Kier molecular flexibility index (Phi) is 3.13. The molecule has 86 valence electrons. The smallest absolute Gasteiger partial charge is 0.323 e. The minimum atomic E-state index is -0.756. The Morgan fingerprint density at radius 1 is 1.50 bits per heavy atom. The van der Waals surface area contributed by atoms with Crippen molar-refractivity contribution < 1.29 is 9.90 Å². The van der Waals surface area contributed by atoms with Gasteiger partial charge in [-0.2, -0.15) is 0 Å². The fourth-order valence-electron chi connectivity index (χ4n) is 2.08. The van der Waals surface area contributed by atoms with Crippen LogP contribution in [0.25, 0.3) is 0 Å². The van der Waals surface area contributed by atoms with Crippen LogP contribution in [0.5, 0.6) is 0 Å². The van der Waals surface area contributed by atoms with E-state index in [1.165, 1.54) is 12.0 Å². The van der Waals surface area contributed by atoms with E-state index in [-0.39, 0.29) is 6.54 Å². The highest BCUT2D eigenvalue weighted by atomic mass is 16.4. The average molecular weight is 219 g/mol. The molecule has 0 aliphatic heterocycles. The van der Waals surface area contributed by atoms with E-state index in [0.717, 1.165) is 18.5 Å². The summed E-state index contributed by atoms with van der Waals surface area (Å²) in [6, 6.07) is 8.48. The van der Waals surface area contributed by atoms with Crippen LogP contribution in [-0.4, -0.2) is 23.7 Å². The summed E-state index contributed by atoms with van der Waals surface area (Å²) in [5.74, 6) is -0.756. The van der Waals surface area contributed by atoms with Gasteiger partial charge in [-0.3, -0.25) is 4.79 Å². The highest BCUT2D eigenvalue weighted by Gasteiger charge is 2.26. The van der Waals surface area contributed by atoms with Gasteiger partial charge in [0.05, 0.1) is 0 Å². The number of nitrogens with zero attached hydrogens (tertiary/aromatic N) is 1. The summed E-state index contributed by atoms with van der Waals surface area (Å²) in [5.41, 5.74) is 2.21. The zero-order valence-corrected chi connectivity index (χ0v) is 9.52. The molecule has 0 saturated heterocycles. The largest absolute Gasteiger partial charge is 0.480 e. The third-order valence-electron chi connectivity index (χ3n) is 3.15. The van der Waals surface area contributed by atoms with Gasteiger partial charge in [0.1, 0.15) is 6.54 Å². The van der Waals surface area contributed by atoms with Gasteiger partial charge in [-0.1, -0.05) is 12.1 Å². The molecule has 0 heterocycles. The normalized spacial score (nSPS) is 15.6. The van der Waals surface area contributed by atoms with E-state index < -0.39 is 5.97 Å². The molecule has 1 aromatic carbocycles. The number of benzene rings is 1. The number of aliphatic carboxylic acids is 1. The first-order valence-corrected chi connectivity index (χ1v) is 5.72. The second-order valence-corrected chi connectivity index (χ2v) is 4.45. The van der Waals surface area contributed by atoms with Crippen LogP contribution in [0.2, 0.25) is 0 Å². The zero-order valence-electron chi connectivity index (χ0n) is 9.52. The average Bonchev–Trinajstić information content (AvgIpc) is 2.13. The Hall–Kier alpha value is -1.51. The van der Waals surface area contributed by atoms with Gasteiger partial charge in [0.25, 0.3) is 0 Å². The first kappa shape index (κ1) is 11.0. The predicted molar refractivity (Wildman–Crippen MR) is 63.8 cm³/mol. The van der Waals surface area contributed by atoms with Crippen molar-refractivity contribution in [1.29, 1.82) is 0 Å². The number of hydrogen-bond donors (Lipinski definition) is 1. The molecule has 1 aromatic rings. The van der Waals surface area contributed by atoms with Crippen LogP contribution in [0.1, 0.15) is 24.8 Å². The number of anilines is 1. The fourth-order valence-corrected chi connectivity index (χ4v) is 2.08. The van der Waals surface area contributed by atoms with Crippen LogP contribution >= 0.6 is 0 Å². The molecule has 3 nitrogen and oxygen atoms in total. The number of carbonyl (C=O) groups is 1. The maximum Gasteiger partial charge on any atom is 0.323 e. The lowest BCUT2D eigenvalue weighted by molar-refractivity contribution is -0.135. The lowest BCUT2D eigenvalue weighted by Crippen LogP contribution is -2.43. The first-order valence-electron chi connectivity index (χ1n) is 5.72. The SMILES string of the molecule is Cc1cccc(N(CC(=O)O)C2CCC2)c1. The minimum Gasteiger partial charge on any atom is -0.480 e. The van der Waals surface area contributed by atoms with Crippen molar-refractivity contribution >= 4 is 11.7 Å². The van der Waals surface area contributed by atoms with Gasteiger partial charge >= 0.3 is 5.97 Å². The summed E-state index contributed by atoms with van der Waals surface area (Å²) < 4.78 is 0. The van der Waals surface area contributed by atoms with Crippen molar-refractivity contribution in [3.8, 4) is 0 Å². The molecule has 1 aliphatic rings. The molecule has 0 bridgehead atoms. The molecule has 0 radical (unpaired) electrons. The van der Waals surface area contributed by atoms with Crippen LogP contribution in [0, 0.1) is 6.92 Å². The summed E-state index contributed by atoms with van der Waals surface area (Å²) in [6.45, 7) is 2.14. The van der Waals surface area contributed by atoms with Gasteiger partial charge in [0.2, 0.25) is 0 Å². The van der Waals surface area contributed by atoms with E-state index in [0.29, 0.717) is 6.04 Å². The molecule has 2 rings (SSSR count). The number of carboxylic acids is 1. The van der Waals surface area contributed by atoms with E-state index in [2.05, 4.69) is 6.07 Å². The third-order valence-corrected chi connectivity index (χ3v) is 3.15. The van der Waals surface area contributed by atoms with E-state index >= 15 is 0 Å². The molecular weight excluding hydrogens is 202 g/mol. The Morgan fingerprint density at radius 2 is 2.25 bits per heavy atom. The van der Waals surface area contributed by atoms with Crippen molar-refractivity contribution in [3.63, 3.8) is 0 Å². The highest BCUT2D eigenvalue weighted by molar-refractivity contribution is 5.74. The van der Waals surface area contributed by atoms with Crippen molar-refractivity contribution in [2.45, 2.75) is 32.2 Å². The molecular formula is C13H17NO2. The summed E-state index contributed by atoms with van der Waals surface area (Å²) in [7, 11) is 0. The maximum absolute atomic E-state index is 10.9. The van der Waals surface area contributed by atoms with Crippen molar-refractivity contribution in [2.24, 2.45) is 0 Å². The van der Waals surface area contributed by atoms with Gasteiger partial charge in [0, 0.05) is 11.7 Å². The molecule has 0 unspecified atom stereocenters. The number of carboxylic acid groups (broad SMARTS) is 1. The summed E-state index contributed by atoms with van der Waals surface area (Å²) in [6.07, 6.45) is 3.44. The Morgan fingerprint density at radius 3 is 2.75 bits per heavy atom. The van der Waals surface area contributed by atoms with Gasteiger partial charge in [0.15, 0.2) is 0 Å². The first-order chi connectivity index (χ1) is 7.66. The molecule has 1 saturated carbocycles. The van der Waals surface area contributed by atoms with Gasteiger partial charge < -0.3 is 10.0 Å². The second-order valence-electron chi connectivity index (χ2n) is 4.45. The summed E-state index contributed by atoms with van der Waals surface area (Å²) in [5, 5.41) is 8.94. The topological polar surface area (TPSA) is 40.5 Å². The summed E-state index contributed by atoms with van der Waals surface area (Å²) >= 11 is 0. The minimum absolute atomic E-state index is 0.105. The standard InChI is InChI=1S/C13H17NO2/c1-10-4-2-7-12(8-10)14(9-13(15)16)11-5-3-6-11/h2,4,7-8,11H,3,5-6,9H2,1H3,(H,15,16). The number of aryl methyl sites for hydroxylation is 1. The van der Waals surface area contributed by atoms with Crippen LogP contribution in [0.4, 0.5) is 5.69 Å². The van der Waals surface area contributed by atoms with Crippen LogP contribution in [0.15, 0.2) is 24.3 Å². The third kappa shape index (κ3) is 2.35. The van der Waals surface area contributed by atoms with E-state index in [9.17, 15) is 4.79 Å². The lowest BCUT2D eigenvalue weighted by atomic mass is 9.91. The molecule has 16 heavy (non-hydrogen) atoms. The quantitative estimate of drug-likeness (QED) is 0.845. The van der Waals surface area contributed by atoms with Gasteiger partial charge in [-0.15, -0.1) is 0 Å². The van der Waals surface area contributed by atoms with Crippen molar-refractivity contribution in [1.82, 2.24) is 0 Å². The lowest BCUT2D eigenvalue weighted by Gasteiger charge is -2.38. The van der Waals surface area contributed by atoms with E-state index in [1.54, 1.807) is 0 Å². The molecule has 0 aromatic heterocycles. The van der Waals surface area contributed by atoms with E-state index in [4.69, 9.17) is 5.11 Å². The molecule has 0 amide bonds. The number of hydrogen-bond acceptors (Lipinski definition) is 2. The molecule has 1 fully saturated rings. The van der Waals surface area contributed by atoms with Crippen molar-refractivity contribution in [3.05, 3.63) is 29.8 Å². The predicted octanol–water partition coefficient (Wildman–Crippen LogP) is 2.44.